The molecule has 0 aliphatic carbocycles. The fourth-order valence-electron chi connectivity index (χ4n) is 1.41. The Balaban J connectivity index is 2.28. The van der Waals surface area contributed by atoms with E-state index in [1.54, 1.807) is 6.20 Å². The lowest BCUT2D eigenvalue weighted by molar-refractivity contribution is 0.898. The van der Waals surface area contributed by atoms with Crippen LogP contribution < -0.4 is 5.73 Å². The number of aromatic nitrogens is 3. The Hall–Kier alpha value is -1.62. The lowest BCUT2D eigenvalue weighted by Gasteiger charge is -2.04. The summed E-state index contributed by atoms with van der Waals surface area (Å²) < 4.78 is 0. The molecule has 0 aliphatic rings. The Morgan fingerprint density at radius 2 is 1.71 bits per heavy atom. The maximum atomic E-state index is 5.84. The van der Waals surface area contributed by atoms with Crippen LogP contribution in [0.2, 0.25) is 0 Å². The van der Waals surface area contributed by atoms with Gasteiger partial charge < -0.3 is 5.73 Å². The highest BCUT2D eigenvalue weighted by molar-refractivity contribution is 7.99. The first-order valence-electron chi connectivity index (χ1n) is 5.27. The SMILES string of the molecule is Cc1cc(C)nc(Sc2cc(N)c(C)cn2)n1. The highest BCUT2D eigenvalue weighted by Gasteiger charge is 2.05. The third kappa shape index (κ3) is 2.94. The van der Waals surface area contributed by atoms with Gasteiger partial charge in [-0.1, -0.05) is 0 Å². The third-order valence-electron chi connectivity index (χ3n) is 2.28. The van der Waals surface area contributed by atoms with Gasteiger partial charge in [-0.15, -0.1) is 0 Å². The molecular formula is C12H14N4S. The average molecular weight is 246 g/mol. The molecule has 0 radical (unpaired) electrons. The molecule has 2 aromatic heterocycles. The van der Waals surface area contributed by atoms with E-state index in [4.69, 9.17) is 5.73 Å². The summed E-state index contributed by atoms with van der Waals surface area (Å²) in [5.41, 5.74) is 9.48. The van der Waals surface area contributed by atoms with Gasteiger partial charge in [-0.25, -0.2) is 15.0 Å². The van der Waals surface area contributed by atoms with Crippen LogP contribution in [-0.2, 0) is 0 Å². The Morgan fingerprint density at radius 1 is 1.06 bits per heavy atom. The number of rotatable bonds is 2. The van der Waals surface area contributed by atoms with Gasteiger partial charge >= 0.3 is 0 Å². The van der Waals surface area contributed by atoms with E-state index in [1.807, 2.05) is 32.9 Å². The first-order chi connectivity index (χ1) is 8.04. The quantitative estimate of drug-likeness (QED) is 0.825. The van der Waals surface area contributed by atoms with E-state index >= 15 is 0 Å². The third-order valence-corrected chi connectivity index (χ3v) is 3.07. The molecular weight excluding hydrogens is 232 g/mol. The zero-order chi connectivity index (χ0) is 12.4. The zero-order valence-electron chi connectivity index (χ0n) is 10.1. The second kappa shape index (κ2) is 4.71. The van der Waals surface area contributed by atoms with E-state index in [2.05, 4.69) is 15.0 Å². The van der Waals surface area contributed by atoms with Crippen molar-refractivity contribution < 1.29 is 0 Å². The number of nitrogen functional groups attached to an aromatic ring is 1. The van der Waals surface area contributed by atoms with E-state index in [1.165, 1.54) is 11.8 Å². The summed E-state index contributed by atoms with van der Waals surface area (Å²) in [6.07, 6.45) is 1.76. The minimum atomic E-state index is 0.707. The van der Waals surface area contributed by atoms with E-state index in [0.29, 0.717) is 5.16 Å². The van der Waals surface area contributed by atoms with E-state index < -0.39 is 0 Å². The summed E-state index contributed by atoms with van der Waals surface area (Å²) in [5, 5.41) is 1.52. The number of nitrogens with zero attached hydrogens (tertiary/aromatic N) is 3. The summed E-state index contributed by atoms with van der Waals surface area (Å²) in [7, 11) is 0. The zero-order valence-corrected chi connectivity index (χ0v) is 10.9. The van der Waals surface area contributed by atoms with Crippen molar-refractivity contribution in [2.75, 3.05) is 5.73 Å². The lowest BCUT2D eigenvalue weighted by atomic mass is 10.3. The van der Waals surface area contributed by atoms with Crippen molar-refractivity contribution in [3.63, 3.8) is 0 Å². The van der Waals surface area contributed by atoms with Crippen LogP contribution in [0.1, 0.15) is 17.0 Å². The van der Waals surface area contributed by atoms with Gasteiger partial charge in [-0.3, -0.25) is 0 Å². The van der Waals surface area contributed by atoms with Crippen LogP contribution in [0.3, 0.4) is 0 Å². The summed E-state index contributed by atoms with van der Waals surface area (Å²) in [6.45, 7) is 5.84. The predicted octanol–water partition coefficient (Wildman–Crippen LogP) is 2.53. The van der Waals surface area contributed by atoms with Crippen LogP contribution >= 0.6 is 11.8 Å². The molecule has 2 N–H and O–H groups in total. The Kier molecular flexibility index (Phi) is 3.28. The molecule has 0 amide bonds. The van der Waals surface area contributed by atoms with Crippen molar-refractivity contribution in [1.82, 2.24) is 15.0 Å². The number of hydrogen-bond donors (Lipinski definition) is 1. The number of anilines is 1. The second-order valence-electron chi connectivity index (χ2n) is 3.91. The van der Waals surface area contributed by atoms with Crippen molar-refractivity contribution in [1.29, 1.82) is 0 Å². The predicted molar refractivity (Wildman–Crippen MR) is 69.0 cm³/mol. The summed E-state index contributed by atoms with van der Waals surface area (Å²) >= 11 is 1.43. The molecule has 0 unspecified atom stereocenters. The van der Waals surface area contributed by atoms with E-state index in [-0.39, 0.29) is 0 Å². The lowest BCUT2D eigenvalue weighted by Crippen LogP contribution is -1.95. The number of hydrogen-bond acceptors (Lipinski definition) is 5. The fourth-order valence-corrected chi connectivity index (χ4v) is 2.27. The molecule has 17 heavy (non-hydrogen) atoms. The molecule has 0 bridgehead atoms. The van der Waals surface area contributed by atoms with Gasteiger partial charge in [-0.05, 0) is 50.2 Å². The second-order valence-corrected chi connectivity index (χ2v) is 4.90. The maximum Gasteiger partial charge on any atom is 0.194 e. The molecule has 0 aliphatic heterocycles. The molecule has 0 atom stereocenters. The molecule has 2 heterocycles. The Morgan fingerprint density at radius 3 is 2.29 bits per heavy atom. The van der Waals surface area contributed by atoms with Crippen LogP contribution in [0.25, 0.3) is 0 Å². The van der Waals surface area contributed by atoms with Crippen molar-refractivity contribution >= 4 is 17.4 Å². The van der Waals surface area contributed by atoms with Crippen LogP contribution in [0.4, 0.5) is 5.69 Å². The van der Waals surface area contributed by atoms with Crippen molar-refractivity contribution in [2.45, 2.75) is 31.0 Å². The van der Waals surface area contributed by atoms with Gasteiger partial charge in [0, 0.05) is 23.3 Å². The first-order valence-corrected chi connectivity index (χ1v) is 6.08. The van der Waals surface area contributed by atoms with Gasteiger partial charge in [0.1, 0.15) is 5.03 Å². The summed E-state index contributed by atoms with van der Waals surface area (Å²) in [4.78, 5) is 13.0. The Bertz CT molecular complexity index is 534. The normalized spacial score (nSPS) is 10.5. The Labute approximate surface area is 105 Å². The maximum absolute atomic E-state index is 5.84. The minimum absolute atomic E-state index is 0.707. The molecule has 0 fully saturated rings. The number of pyridine rings is 1. The summed E-state index contributed by atoms with van der Waals surface area (Å²) in [6, 6.07) is 3.79. The molecule has 2 aromatic rings. The number of aryl methyl sites for hydroxylation is 3. The smallest absolute Gasteiger partial charge is 0.194 e. The van der Waals surface area contributed by atoms with Gasteiger partial charge in [0.15, 0.2) is 5.16 Å². The average Bonchev–Trinajstić information content (AvgIpc) is 2.22. The standard InChI is InChI=1S/C12H14N4S/c1-7-6-14-11(5-10(7)13)17-12-15-8(2)4-9(3)16-12/h4-6H,1-3H3,(H2,13,14). The van der Waals surface area contributed by atoms with Gasteiger partial charge in [0.05, 0.1) is 0 Å². The molecule has 0 saturated heterocycles. The molecule has 2 rings (SSSR count). The van der Waals surface area contributed by atoms with Gasteiger partial charge in [0.25, 0.3) is 0 Å². The highest BCUT2D eigenvalue weighted by Crippen LogP contribution is 2.25. The minimum Gasteiger partial charge on any atom is -0.398 e. The van der Waals surface area contributed by atoms with Crippen molar-refractivity contribution in [3.8, 4) is 0 Å². The molecule has 88 valence electrons. The molecule has 4 nitrogen and oxygen atoms in total. The van der Waals surface area contributed by atoms with Crippen LogP contribution in [-0.4, -0.2) is 15.0 Å². The van der Waals surface area contributed by atoms with Gasteiger partial charge in [0.2, 0.25) is 0 Å². The number of nitrogens with two attached hydrogens (primary N) is 1. The van der Waals surface area contributed by atoms with E-state index in [9.17, 15) is 0 Å². The topological polar surface area (TPSA) is 64.7 Å². The molecule has 0 aromatic carbocycles. The van der Waals surface area contributed by atoms with Crippen molar-refractivity contribution in [3.05, 3.63) is 35.3 Å². The molecule has 5 heteroatoms. The van der Waals surface area contributed by atoms with Crippen LogP contribution in [0.15, 0.2) is 28.5 Å². The molecule has 0 saturated carbocycles. The first kappa shape index (κ1) is 11.9. The van der Waals surface area contributed by atoms with Gasteiger partial charge in [-0.2, -0.15) is 0 Å². The molecule has 0 spiro atoms. The van der Waals surface area contributed by atoms with E-state index in [0.717, 1.165) is 27.7 Å². The fraction of sp³-hybridized carbons (Fsp3) is 0.250. The van der Waals surface area contributed by atoms with Crippen LogP contribution in [0, 0.1) is 20.8 Å². The highest BCUT2D eigenvalue weighted by atomic mass is 32.2. The van der Waals surface area contributed by atoms with Crippen LogP contribution in [0.5, 0.6) is 0 Å². The summed E-state index contributed by atoms with van der Waals surface area (Å²) in [5.74, 6) is 0. The largest absolute Gasteiger partial charge is 0.398 e. The monoisotopic (exact) mass is 246 g/mol. The van der Waals surface area contributed by atoms with Crippen molar-refractivity contribution in [2.24, 2.45) is 0 Å².